The predicted octanol–water partition coefficient (Wildman–Crippen LogP) is -4.15. The Kier molecular flexibility index (Phi) is 28.1. The molecule has 9 heteroatoms. The molecule has 0 heterocycles. The third-order valence-electron chi connectivity index (χ3n) is 4.32. The van der Waals surface area contributed by atoms with E-state index in [2.05, 4.69) is 6.92 Å². The number of rotatable bonds is 18. The Morgan fingerprint density at radius 3 is 2.10 bits per heavy atom. The predicted molar refractivity (Wildman–Crippen MR) is 102 cm³/mol. The molecule has 156 valence electrons. The van der Waals surface area contributed by atoms with Crippen LogP contribution in [0.4, 0.5) is 0 Å². The molecule has 2 unspecified atom stereocenters. The number of ether oxygens (including phenoxy) is 2. The summed E-state index contributed by atoms with van der Waals surface area (Å²) < 4.78 is 10.1. The van der Waals surface area contributed by atoms with E-state index in [1.54, 1.807) is 14.0 Å². The van der Waals surface area contributed by atoms with Gasteiger partial charge < -0.3 is 26.9 Å². The van der Waals surface area contributed by atoms with Gasteiger partial charge in [0.2, 0.25) is 0 Å². The van der Waals surface area contributed by atoms with Crippen molar-refractivity contribution in [3.8, 4) is 0 Å². The van der Waals surface area contributed by atoms with Crippen LogP contribution in [0.2, 0.25) is 0 Å². The SMILES string of the molecule is [CH2-]CC(=O)CC(CC(=O)CCC(N)C(=O)CCCOCCOC)C(=O)CC.[K+].[K+]. The first-order chi connectivity index (χ1) is 12.8. The van der Waals surface area contributed by atoms with Crippen LogP contribution in [-0.2, 0) is 28.7 Å². The van der Waals surface area contributed by atoms with Crippen LogP contribution in [0.15, 0.2) is 0 Å². The van der Waals surface area contributed by atoms with Gasteiger partial charge in [-0.25, -0.2) is 0 Å². The maximum absolute atomic E-state index is 12.2. The van der Waals surface area contributed by atoms with E-state index in [-0.39, 0.29) is 164 Å². The summed E-state index contributed by atoms with van der Waals surface area (Å²) in [5, 5.41) is 0. The van der Waals surface area contributed by atoms with E-state index in [1.807, 2.05) is 0 Å². The average molecular weight is 463 g/mol. The number of ketones is 4. The Morgan fingerprint density at radius 2 is 1.55 bits per heavy atom. The number of methoxy groups -OCH3 is 1. The van der Waals surface area contributed by atoms with Gasteiger partial charge in [0.15, 0.2) is 0 Å². The maximum atomic E-state index is 12.2. The van der Waals surface area contributed by atoms with Crippen molar-refractivity contribution in [2.75, 3.05) is 26.9 Å². The second-order valence-corrected chi connectivity index (χ2v) is 6.57. The van der Waals surface area contributed by atoms with Crippen LogP contribution in [-0.4, -0.2) is 56.1 Å². The van der Waals surface area contributed by atoms with Crippen molar-refractivity contribution in [3.05, 3.63) is 6.92 Å². The third-order valence-corrected chi connectivity index (χ3v) is 4.32. The molecule has 0 amide bonds. The Balaban J connectivity index is -0.00000338. The van der Waals surface area contributed by atoms with Gasteiger partial charge >= 0.3 is 103 Å². The summed E-state index contributed by atoms with van der Waals surface area (Å²) in [4.78, 5) is 47.6. The third kappa shape index (κ3) is 19.0. The number of nitrogens with two attached hydrogens (primary N) is 1. The van der Waals surface area contributed by atoms with Crippen molar-refractivity contribution in [2.45, 2.75) is 64.3 Å². The van der Waals surface area contributed by atoms with E-state index >= 15 is 0 Å². The number of carbonyl (C=O) groups is 4. The molecule has 0 aliphatic rings. The summed E-state index contributed by atoms with van der Waals surface area (Å²) in [6.07, 6.45) is 1.72. The summed E-state index contributed by atoms with van der Waals surface area (Å²) in [5.41, 5.74) is 5.86. The Bertz CT molecular complexity index is 488. The minimum absolute atomic E-state index is 0. The number of hydrogen-bond acceptors (Lipinski definition) is 7. The Labute approximate surface area is 260 Å². The van der Waals surface area contributed by atoms with Crippen molar-refractivity contribution in [3.63, 3.8) is 0 Å². The molecule has 0 aromatic heterocycles. The average Bonchev–Trinajstić information content (AvgIpc) is 2.67. The summed E-state index contributed by atoms with van der Waals surface area (Å²) in [6, 6.07) is -0.699. The number of carbonyl (C=O) groups excluding carboxylic acids is 4. The van der Waals surface area contributed by atoms with Gasteiger partial charge in [-0.2, -0.15) is 0 Å². The first-order valence-electron chi connectivity index (χ1n) is 9.55. The molecule has 0 aromatic rings. The van der Waals surface area contributed by atoms with Gasteiger partial charge in [0.1, 0.15) is 23.1 Å². The molecule has 0 spiro atoms. The van der Waals surface area contributed by atoms with Gasteiger partial charge in [0, 0.05) is 51.7 Å². The number of hydrogen-bond donors (Lipinski definition) is 1. The summed E-state index contributed by atoms with van der Waals surface area (Å²) in [6.45, 7) is 6.68. The molecule has 0 saturated carbocycles. The zero-order valence-electron chi connectivity index (χ0n) is 18.7. The molecule has 0 rings (SSSR count). The summed E-state index contributed by atoms with van der Waals surface area (Å²) in [5.74, 6) is -1.07. The topological polar surface area (TPSA) is 113 Å². The molecule has 29 heavy (non-hydrogen) atoms. The summed E-state index contributed by atoms with van der Waals surface area (Å²) in [7, 11) is 1.59. The standard InChI is InChI=1S/C20H34NO6.2K/c1-4-16(22)13-15(19(24)5-2)14-17(23)8-9-18(21)20(25)7-6-10-27-12-11-26-3;;/h15,18H,1,4-14,21H2,2-3H3;;/q-1;2*+1. The van der Waals surface area contributed by atoms with Gasteiger partial charge in [-0.05, 0) is 12.8 Å². The quantitative estimate of drug-likeness (QED) is 0.125. The molecule has 0 radical (unpaired) electrons. The minimum Gasteiger partial charge on any atom is -0.382 e. The molecular weight excluding hydrogens is 428 g/mol. The summed E-state index contributed by atoms with van der Waals surface area (Å²) >= 11 is 0. The van der Waals surface area contributed by atoms with Crippen LogP contribution < -0.4 is 109 Å². The van der Waals surface area contributed by atoms with Crippen molar-refractivity contribution in [1.82, 2.24) is 0 Å². The van der Waals surface area contributed by atoms with Crippen LogP contribution in [0.1, 0.15) is 58.3 Å². The van der Waals surface area contributed by atoms with E-state index in [4.69, 9.17) is 15.2 Å². The Morgan fingerprint density at radius 1 is 0.931 bits per heavy atom. The zero-order valence-corrected chi connectivity index (χ0v) is 24.9. The fraction of sp³-hybridized carbons (Fsp3) is 0.750. The molecule has 0 fully saturated rings. The van der Waals surface area contributed by atoms with Gasteiger partial charge in [-0.15, -0.1) is 6.42 Å². The molecule has 0 aliphatic heterocycles. The van der Waals surface area contributed by atoms with Gasteiger partial charge in [0.25, 0.3) is 0 Å². The largest absolute Gasteiger partial charge is 1.00 e. The van der Waals surface area contributed by atoms with E-state index in [9.17, 15) is 19.2 Å². The van der Waals surface area contributed by atoms with Gasteiger partial charge in [0.05, 0.1) is 19.3 Å². The van der Waals surface area contributed by atoms with E-state index < -0.39 is 12.0 Å². The molecule has 0 saturated heterocycles. The normalized spacial score (nSPS) is 12.3. The molecule has 2 atom stereocenters. The minimum atomic E-state index is -0.699. The van der Waals surface area contributed by atoms with E-state index in [0.717, 1.165) is 0 Å². The smallest absolute Gasteiger partial charge is 0.382 e. The fourth-order valence-corrected chi connectivity index (χ4v) is 2.60. The van der Waals surface area contributed by atoms with E-state index in [1.165, 1.54) is 0 Å². The first-order valence-corrected chi connectivity index (χ1v) is 9.55. The molecule has 0 aromatic carbocycles. The van der Waals surface area contributed by atoms with Gasteiger partial charge in [-0.1, -0.05) is 6.92 Å². The molecule has 0 bridgehead atoms. The zero-order chi connectivity index (χ0) is 20.7. The van der Waals surface area contributed by atoms with Crippen molar-refractivity contribution >= 4 is 23.1 Å². The molecular formula is C20H34K2NO6+. The maximum Gasteiger partial charge on any atom is 1.00 e. The Hall–Kier alpha value is 1.83. The van der Waals surface area contributed by atoms with Gasteiger partial charge in [-0.3, -0.25) is 14.4 Å². The van der Waals surface area contributed by atoms with Crippen LogP contribution in [0.25, 0.3) is 0 Å². The fourth-order valence-electron chi connectivity index (χ4n) is 2.60. The van der Waals surface area contributed by atoms with Crippen molar-refractivity contribution in [1.29, 1.82) is 0 Å². The van der Waals surface area contributed by atoms with Crippen LogP contribution in [0.5, 0.6) is 0 Å². The van der Waals surface area contributed by atoms with Crippen LogP contribution in [0.3, 0.4) is 0 Å². The monoisotopic (exact) mass is 462 g/mol. The van der Waals surface area contributed by atoms with Crippen LogP contribution in [0, 0.1) is 12.8 Å². The number of Topliss-reactive ketones (excluding diaryl/α,β-unsaturated/α-hetero) is 4. The second-order valence-electron chi connectivity index (χ2n) is 6.57. The van der Waals surface area contributed by atoms with Crippen molar-refractivity contribution in [2.24, 2.45) is 11.7 Å². The molecule has 2 N–H and O–H groups in total. The molecule has 7 nitrogen and oxygen atoms in total. The second kappa shape index (κ2) is 23.0. The van der Waals surface area contributed by atoms with Crippen LogP contribution >= 0.6 is 0 Å². The first kappa shape index (κ1) is 35.4. The van der Waals surface area contributed by atoms with Crippen molar-refractivity contribution < 1.29 is 131 Å². The molecule has 0 aliphatic carbocycles. The van der Waals surface area contributed by atoms with E-state index in [0.29, 0.717) is 32.7 Å².